The van der Waals surface area contributed by atoms with Gasteiger partial charge < -0.3 is 9.15 Å². The predicted molar refractivity (Wildman–Crippen MR) is 137 cm³/mol. The van der Waals surface area contributed by atoms with Crippen molar-refractivity contribution in [2.45, 2.75) is 36.1 Å². The monoisotopic (exact) mass is 551 g/mol. The van der Waals surface area contributed by atoms with Gasteiger partial charge in [0.25, 0.3) is 10.0 Å². The highest BCUT2D eigenvalue weighted by Crippen LogP contribution is 2.37. The van der Waals surface area contributed by atoms with Crippen LogP contribution in [0.5, 0.6) is 5.75 Å². The molecule has 0 radical (unpaired) electrons. The molecule has 3 aromatic heterocycles. The van der Waals surface area contributed by atoms with Crippen molar-refractivity contribution >= 4 is 65.6 Å². The molecule has 1 aliphatic heterocycles. The van der Waals surface area contributed by atoms with Crippen molar-refractivity contribution in [1.82, 2.24) is 9.29 Å². The Hall–Kier alpha value is -2.44. The number of amides is 1. The second-order valence-corrected chi connectivity index (χ2v) is 12.8. The Kier molecular flexibility index (Phi) is 6.86. The maximum atomic E-state index is 14.0. The van der Waals surface area contributed by atoms with E-state index < -0.39 is 16.1 Å². The van der Waals surface area contributed by atoms with Gasteiger partial charge in [-0.3, -0.25) is 9.69 Å². The number of carbonyl (C=O) groups excluding carboxylic acids is 1. The third-order valence-corrected chi connectivity index (χ3v) is 10.5. The van der Waals surface area contributed by atoms with Gasteiger partial charge in [-0.1, -0.05) is 35.4 Å². The summed E-state index contributed by atoms with van der Waals surface area (Å²) in [7, 11) is -2.32. The first kappa shape index (κ1) is 24.3. The lowest BCUT2D eigenvalue weighted by Gasteiger charge is -2.35. The first-order chi connectivity index (χ1) is 16.9. The lowest BCUT2D eigenvalue weighted by atomic mass is 10.0. The van der Waals surface area contributed by atoms with Gasteiger partial charge in [0.1, 0.15) is 27.3 Å². The number of carbonyl (C=O) groups is 1. The van der Waals surface area contributed by atoms with E-state index in [4.69, 9.17) is 25.7 Å². The van der Waals surface area contributed by atoms with Gasteiger partial charge in [-0.15, -0.1) is 11.3 Å². The summed E-state index contributed by atoms with van der Waals surface area (Å²) >= 11 is 8.35. The zero-order valence-electron chi connectivity index (χ0n) is 18.7. The van der Waals surface area contributed by atoms with Crippen LogP contribution >= 0.6 is 34.3 Å². The van der Waals surface area contributed by atoms with Gasteiger partial charge in [-0.05, 0) is 49.2 Å². The number of thiazole rings is 1. The Morgan fingerprint density at radius 1 is 1.23 bits per heavy atom. The summed E-state index contributed by atoms with van der Waals surface area (Å²) in [6, 6.07) is 11.3. The molecule has 4 aromatic rings. The van der Waals surface area contributed by atoms with E-state index in [1.807, 2.05) is 18.2 Å². The van der Waals surface area contributed by atoms with Gasteiger partial charge in [0.15, 0.2) is 5.13 Å². The SMILES string of the molecule is COc1cccc2sc(N(Cc3ccco3)C(=O)C3CCCCN3S(=O)(=O)c3ccc(Cl)s3)nc12. The largest absolute Gasteiger partial charge is 0.494 e. The van der Waals surface area contributed by atoms with E-state index in [2.05, 4.69) is 0 Å². The first-order valence-corrected chi connectivity index (χ1v) is 14.4. The number of thiophene rings is 1. The standard InChI is InChI=1S/C23H22ClN3O5S3/c1-31-17-8-4-9-18-21(17)25-23(33-18)26(14-15-6-5-13-32-15)22(28)16-7-2-3-12-27(16)35(29,30)20-11-10-19(24)34-20/h4-6,8-11,13,16H,2-3,7,12,14H2,1H3. The molecule has 0 saturated carbocycles. The average molecular weight is 552 g/mol. The molecule has 1 fully saturated rings. The van der Waals surface area contributed by atoms with Gasteiger partial charge in [0.05, 0.1) is 29.0 Å². The number of nitrogens with zero attached hydrogens (tertiary/aromatic N) is 3. The average Bonchev–Trinajstić information content (AvgIpc) is 3.62. The number of methoxy groups -OCH3 is 1. The molecule has 0 aliphatic carbocycles. The molecule has 1 unspecified atom stereocenters. The summed E-state index contributed by atoms with van der Waals surface area (Å²) in [5.74, 6) is 0.831. The molecular weight excluding hydrogens is 530 g/mol. The minimum Gasteiger partial charge on any atom is -0.494 e. The molecule has 5 rings (SSSR count). The number of aromatic nitrogens is 1. The zero-order valence-corrected chi connectivity index (χ0v) is 21.9. The first-order valence-electron chi connectivity index (χ1n) is 10.9. The van der Waals surface area contributed by atoms with E-state index in [1.54, 1.807) is 25.3 Å². The quantitative estimate of drug-likeness (QED) is 0.306. The molecule has 1 amide bonds. The van der Waals surface area contributed by atoms with Crippen LogP contribution in [0.1, 0.15) is 25.0 Å². The van der Waals surface area contributed by atoms with Gasteiger partial charge in [0.2, 0.25) is 5.91 Å². The molecule has 4 heterocycles. The molecule has 184 valence electrons. The molecule has 0 N–H and O–H groups in total. The number of hydrogen-bond donors (Lipinski definition) is 0. The maximum absolute atomic E-state index is 14.0. The summed E-state index contributed by atoms with van der Waals surface area (Å²) in [5, 5.41) is 0.452. The molecule has 1 saturated heterocycles. The molecule has 8 nitrogen and oxygen atoms in total. The minimum absolute atomic E-state index is 0.128. The number of para-hydroxylation sites is 1. The summed E-state index contributed by atoms with van der Waals surface area (Å²) in [5.41, 5.74) is 0.647. The second kappa shape index (κ2) is 9.90. The van der Waals surface area contributed by atoms with Crippen LogP contribution in [0.4, 0.5) is 5.13 Å². The van der Waals surface area contributed by atoms with Crippen molar-refractivity contribution in [2.75, 3.05) is 18.6 Å². The van der Waals surface area contributed by atoms with E-state index >= 15 is 0 Å². The smallest absolute Gasteiger partial charge is 0.253 e. The van der Waals surface area contributed by atoms with Crippen molar-refractivity contribution < 1.29 is 22.4 Å². The molecule has 1 atom stereocenters. The van der Waals surface area contributed by atoms with Crippen LogP contribution in [0.15, 0.2) is 57.4 Å². The van der Waals surface area contributed by atoms with Crippen molar-refractivity contribution in [2.24, 2.45) is 0 Å². The van der Waals surface area contributed by atoms with E-state index in [0.29, 0.717) is 39.3 Å². The maximum Gasteiger partial charge on any atom is 0.253 e. The molecule has 35 heavy (non-hydrogen) atoms. The molecule has 1 aromatic carbocycles. The third-order valence-electron chi connectivity index (χ3n) is 5.83. The minimum atomic E-state index is -3.89. The van der Waals surface area contributed by atoms with E-state index in [-0.39, 0.29) is 23.2 Å². The van der Waals surface area contributed by atoms with Crippen LogP contribution in [-0.2, 0) is 21.4 Å². The van der Waals surface area contributed by atoms with Crippen molar-refractivity contribution in [3.8, 4) is 5.75 Å². The Labute approximate surface area is 215 Å². The van der Waals surface area contributed by atoms with Crippen LogP contribution in [0.2, 0.25) is 4.34 Å². The summed E-state index contributed by atoms with van der Waals surface area (Å²) in [6.07, 6.45) is 3.38. The van der Waals surface area contributed by atoms with Crippen LogP contribution < -0.4 is 9.64 Å². The lowest BCUT2D eigenvalue weighted by molar-refractivity contribution is -0.123. The van der Waals surface area contributed by atoms with Crippen molar-refractivity contribution in [1.29, 1.82) is 0 Å². The van der Waals surface area contributed by atoms with Gasteiger partial charge in [-0.25, -0.2) is 13.4 Å². The highest BCUT2D eigenvalue weighted by molar-refractivity contribution is 7.91. The fraction of sp³-hybridized carbons (Fsp3) is 0.304. The van der Waals surface area contributed by atoms with Crippen LogP contribution in [0.25, 0.3) is 10.2 Å². The third kappa shape index (κ3) is 4.70. The number of piperidine rings is 1. The number of anilines is 1. The number of fused-ring (bicyclic) bond motifs is 1. The number of ether oxygens (including phenoxy) is 1. The lowest BCUT2D eigenvalue weighted by Crippen LogP contribution is -2.52. The number of sulfonamides is 1. The van der Waals surface area contributed by atoms with E-state index in [0.717, 1.165) is 22.5 Å². The fourth-order valence-electron chi connectivity index (χ4n) is 4.16. The normalized spacial score (nSPS) is 17.0. The Morgan fingerprint density at radius 2 is 2.09 bits per heavy atom. The van der Waals surface area contributed by atoms with Gasteiger partial charge in [0, 0.05) is 6.54 Å². The summed E-state index contributed by atoms with van der Waals surface area (Å²) < 4.78 is 40.6. The van der Waals surface area contributed by atoms with Gasteiger partial charge >= 0.3 is 0 Å². The highest BCUT2D eigenvalue weighted by Gasteiger charge is 2.41. The topological polar surface area (TPSA) is 93.0 Å². The molecule has 0 spiro atoms. The number of rotatable bonds is 7. The van der Waals surface area contributed by atoms with E-state index in [9.17, 15) is 13.2 Å². The van der Waals surface area contributed by atoms with Crippen LogP contribution in [-0.4, -0.2) is 43.3 Å². The number of halogens is 1. The van der Waals surface area contributed by atoms with Crippen molar-refractivity contribution in [3.63, 3.8) is 0 Å². The molecular formula is C23H22ClN3O5S3. The Morgan fingerprint density at radius 3 is 2.80 bits per heavy atom. The Bertz CT molecular complexity index is 1450. The molecule has 0 bridgehead atoms. The number of benzene rings is 1. The van der Waals surface area contributed by atoms with Crippen LogP contribution in [0.3, 0.4) is 0 Å². The second-order valence-electron chi connectivity index (χ2n) is 7.99. The van der Waals surface area contributed by atoms with Crippen LogP contribution in [0, 0.1) is 0 Å². The van der Waals surface area contributed by atoms with Crippen molar-refractivity contribution in [3.05, 3.63) is 58.8 Å². The number of hydrogen-bond acceptors (Lipinski definition) is 8. The zero-order chi connectivity index (χ0) is 24.6. The fourth-order valence-corrected chi connectivity index (χ4v) is 8.41. The highest BCUT2D eigenvalue weighted by atomic mass is 35.5. The van der Waals surface area contributed by atoms with Gasteiger partial charge in [-0.2, -0.15) is 4.31 Å². The molecule has 12 heteroatoms. The predicted octanol–water partition coefficient (Wildman–Crippen LogP) is 5.39. The summed E-state index contributed by atoms with van der Waals surface area (Å²) in [4.78, 5) is 20.3. The van der Waals surface area contributed by atoms with E-state index in [1.165, 1.54) is 32.9 Å². The molecule has 1 aliphatic rings. The number of furan rings is 1. The Balaban J connectivity index is 1.55. The summed E-state index contributed by atoms with van der Waals surface area (Å²) in [6.45, 7) is 0.389.